The van der Waals surface area contributed by atoms with Gasteiger partial charge in [0.2, 0.25) is 0 Å². The molecule has 0 aromatic heterocycles. The van der Waals surface area contributed by atoms with Crippen LogP contribution in [-0.2, 0) is 6.42 Å². The van der Waals surface area contributed by atoms with E-state index in [1.807, 2.05) is 61.5 Å². The Balaban J connectivity index is 1.70. The van der Waals surface area contributed by atoms with Crippen molar-refractivity contribution >= 4 is 10.8 Å². The average molecular weight is 369 g/mol. The molecule has 0 heterocycles. The first kappa shape index (κ1) is 17.9. The summed E-state index contributed by atoms with van der Waals surface area (Å²) in [6.45, 7) is 2.00. The fourth-order valence-electron chi connectivity index (χ4n) is 3.41. The zero-order valence-corrected chi connectivity index (χ0v) is 15.3. The lowest BCUT2D eigenvalue weighted by molar-refractivity contribution is 0.629. The van der Waals surface area contributed by atoms with Gasteiger partial charge in [0.05, 0.1) is 5.56 Å². The zero-order chi connectivity index (χ0) is 19.7. The van der Waals surface area contributed by atoms with E-state index in [1.165, 1.54) is 6.07 Å². The standard InChI is InChI=1S/C25H17F2N/c1-2-16-3-11-22(24(26)13-16)18-6-4-17(5-7-18)19-10-12-23-20(14-19)8-9-21(15-28)25(23)27/h3-14H,2H2,1H3. The molecule has 4 aromatic carbocycles. The Morgan fingerprint density at radius 2 is 1.50 bits per heavy atom. The van der Waals surface area contributed by atoms with E-state index in [9.17, 15) is 8.78 Å². The number of fused-ring (bicyclic) bond motifs is 1. The predicted molar refractivity (Wildman–Crippen MR) is 109 cm³/mol. The summed E-state index contributed by atoms with van der Waals surface area (Å²) in [4.78, 5) is 0. The van der Waals surface area contributed by atoms with Gasteiger partial charge in [-0.3, -0.25) is 0 Å². The summed E-state index contributed by atoms with van der Waals surface area (Å²) in [6, 6.07) is 23.5. The SMILES string of the molecule is CCc1ccc(-c2ccc(-c3ccc4c(F)c(C#N)ccc4c3)cc2)c(F)c1. The summed E-state index contributed by atoms with van der Waals surface area (Å²) in [5.74, 6) is -0.713. The van der Waals surface area contributed by atoms with Crippen molar-refractivity contribution in [3.05, 3.63) is 95.6 Å². The van der Waals surface area contributed by atoms with Gasteiger partial charge in [-0.1, -0.05) is 61.5 Å². The first-order chi connectivity index (χ1) is 13.6. The second kappa shape index (κ2) is 7.25. The zero-order valence-electron chi connectivity index (χ0n) is 15.3. The van der Waals surface area contributed by atoms with E-state index in [4.69, 9.17) is 5.26 Å². The molecule has 4 aromatic rings. The van der Waals surface area contributed by atoms with Gasteiger partial charge in [0.15, 0.2) is 0 Å². The highest BCUT2D eigenvalue weighted by atomic mass is 19.1. The molecule has 4 rings (SSSR count). The Morgan fingerprint density at radius 1 is 0.786 bits per heavy atom. The molecule has 0 saturated carbocycles. The van der Waals surface area contributed by atoms with Crippen molar-refractivity contribution in [1.82, 2.24) is 0 Å². The van der Waals surface area contributed by atoms with Crippen molar-refractivity contribution in [1.29, 1.82) is 5.26 Å². The summed E-state index contributed by atoms with van der Waals surface area (Å²) in [5.41, 5.74) is 4.30. The number of nitriles is 1. The summed E-state index contributed by atoms with van der Waals surface area (Å²) in [7, 11) is 0. The fourth-order valence-corrected chi connectivity index (χ4v) is 3.41. The number of hydrogen-bond donors (Lipinski definition) is 0. The molecule has 0 radical (unpaired) electrons. The van der Waals surface area contributed by atoms with Crippen LogP contribution < -0.4 is 0 Å². The largest absolute Gasteiger partial charge is 0.206 e. The highest BCUT2D eigenvalue weighted by Gasteiger charge is 2.09. The molecule has 0 N–H and O–H groups in total. The molecule has 3 heteroatoms. The fraction of sp³-hybridized carbons (Fsp3) is 0.0800. The molecule has 0 atom stereocenters. The van der Waals surface area contributed by atoms with Crippen LogP contribution in [0.15, 0.2) is 72.8 Å². The monoisotopic (exact) mass is 369 g/mol. The normalized spacial score (nSPS) is 10.8. The number of rotatable bonds is 3. The van der Waals surface area contributed by atoms with E-state index in [0.29, 0.717) is 10.9 Å². The van der Waals surface area contributed by atoms with E-state index in [2.05, 4.69) is 0 Å². The molecular formula is C25H17F2N. The maximum atomic E-state index is 14.4. The Labute approximate surface area is 162 Å². The Hall–Kier alpha value is -3.51. The van der Waals surface area contributed by atoms with Crippen LogP contribution in [0, 0.1) is 23.0 Å². The Bertz CT molecular complexity index is 1220. The van der Waals surface area contributed by atoms with Crippen molar-refractivity contribution < 1.29 is 8.78 Å². The number of aryl methyl sites for hydroxylation is 1. The predicted octanol–water partition coefficient (Wildman–Crippen LogP) is 6.89. The molecule has 0 aliphatic carbocycles. The molecule has 0 bridgehead atoms. The molecule has 1 nitrogen and oxygen atoms in total. The van der Waals surface area contributed by atoms with Crippen LogP contribution in [0.4, 0.5) is 8.78 Å². The first-order valence-electron chi connectivity index (χ1n) is 9.12. The molecule has 0 saturated heterocycles. The molecular weight excluding hydrogens is 352 g/mol. The van der Waals surface area contributed by atoms with Gasteiger partial charge in [-0.05, 0) is 52.3 Å². The van der Waals surface area contributed by atoms with Gasteiger partial charge in [0.1, 0.15) is 17.7 Å². The lowest BCUT2D eigenvalue weighted by Gasteiger charge is -2.09. The van der Waals surface area contributed by atoms with Crippen LogP contribution in [0.1, 0.15) is 18.1 Å². The molecule has 0 fully saturated rings. The minimum atomic E-state index is -0.493. The van der Waals surface area contributed by atoms with E-state index < -0.39 is 5.82 Å². The van der Waals surface area contributed by atoms with Crippen molar-refractivity contribution in [3.63, 3.8) is 0 Å². The average Bonchev–Trinajstić information content (AvgIpc) is 2.74. The van der Waals surface area contributed by atoms with Crippen LogP contribution in [0.5, 0.6) is 0 Å². The Morgan fingerprint density at radius 3 is 2.18 bits per heavy atom. The Kier molecular flexibility index (Phi) is 4.63. The molecule has 0 unspecified atom stereocenters. The summed E-state index contributed by atoms with van der Waals surface area (Å²) in [6.07, 6.45) is 0.800. The molecule has 0 amide bonds. The second-order valence-electron chi connectivity index (χ2n) is 6.72. The van der Waals surface area contributed by atoms with Gasteiger partial charge in [-0.25, -0.2) is 8.78 Å². The third-order valence-electron chi connectivity index (χ3n) is 5.05. The quantitative estimate of drug-likeness (QED) is 0.386. The maximum absolute atomic E-state index is 14.4. The lowest BCUT2D eigenvalue weighted by atomic mass is 9.97. The number of halogens is 2. The number of benzene rings is 4. The van der Waals surface area contributed by atoms with E-state index in [1.54, 1.807) is 18.2 Å². The lowest BCUT2D eigenvalue weighted by Crippen LogP contribution is -1.89. The van der Waals surface area contributed by atoms with Crippen LogP contribution >= 0.6 is 0 Å². The maximum Gasteiger partial charge on any atom is 0.148 e. The third kappa shape index (κ3) is 3.14. The van der Waals surface area contributed by atoms with Gasteiger partial charge in [0, 0.05) is 10.9 Å². The molecule has 0 aliphatic heterocycles. The van der Waals surface area contributed by atoms with Crippen molar-refractivity contribution in [2.75, 3.05) is 0 Å². The topological polar surface area (TPSA) is 23.8 Å². The molecule has 28 heavy (non-hydrogen) atoms. The van der Waals surface area contributed by atoms with Crippen molar-refractivity contribution in [2.45, 2.75) is 13.3 Å². The van der Waals surface area contributed by atoms with Gasteiger partial charge in [-0.15, -0.1) is 0 Å². The third-order valence-corrected chi connectivity index (χ3v) is 5.05. The number of hydrogen-bond acceptors (Lipinski definition) is 1. The van der Waals surface area contributed by atoms with E-state index in [0.717, 1.165) is 34.1 Å². The molecule has 0 aliphatic rings. The highest BCUT2D eigenvalue weighted by molar-refractivity contribution is 5.89. The molecule has 136 valence electrons. The van der Waals surface area contributed by atoms with Gasteiger partial charge in [0.25, 0.3) is 0 Å². The second-order valence-corrected chi connectivity index (χ2v) is 6.72. The smallest absolute Gasteiger partial charge is 0.148 e. The van der Waals surface area contributed by atoms with Crippen molar-refractivity contribution in [2.24, 2.45) is 0 Å². The summed E-state index contributed by atoms with van der Waals surface area (Å²) >= 11 is 0. The van der Waals surface area contributed by atoms with Gasteiger partial charge < -0.3 is 0 Å². The minimum absolute atomic E-state index is 0.0423. The van der Waals surface area contributed by atoms with Crippen LogP contribution in [0.2, 0.25) is 0 Å². The van der Waals surface area contributed by atoms with Crippen LogP contribution in [-0.4, -0.2) is 0 Å². The summed E-state index contributed by atoms with van der Waals surface area (Å²) < 4.78 is 28.6. The van der Waals surface area contributed by atoms with Crippen LogP contribution in [0.25, 0.3) is 33.0 Å². The number of nitrogens with zero attached hydrogens (tertiary/aromatic N) is 1. The minimum Gasteiger partial charge on any atom is -0.206 e. The van der Waals surface area contributed by atoms with Gasteiger partial charge in [-0.2, -0.15) is 5.26 Å². The van der Waals surface area contributed by atoms with E-state index >= 15 is 0 Å². The van der Waals surface area contributed by atoms with Crippen molar-refractivity contribution in [3.8, 4) is 28.3 Å². The van der Waals surface area contributed by atoms with Gasteiger partial charge >= 0.3 is 0 Å². The summed E-state index contributed by atoms with van der Waals surface area (Å²) in [5, 5.41) is 10.1. The highest BCUT2D eigenvalue weighted by Crippen LogP contribution is 2.30. The molecule has 0 spiro atoms. The van der Waals surface area contributed by atoms with E-state index in [-0.39, 0.29) is 11.4 Å². The van der Waals surface area contributed by atoms with Crippen LogP contribution in [0.3, 0.4) is 0 Å². The first-order valence-corrected chi connectivity index (χ1v) is 9.12.